The smallest absolute Gasteiger partial charge is 0.226 e. The van der Waals surface area contributed by atoms with Crippen molar-refractivity contribution in [3.63, 3.8) is 0 Å². The summed E-state index contributed by atoms with van der Waals surface area (Å²) >= 11 is 12.2. The number of ether oxygens (including phenoxy) is 1. The zero-order valence-electron chi connectivity index (χ0n) is 19.4. The largest absolute Gasteiger partial charge is 0.497 e. The first-order valence-corrected chi connectivity index (χ1v) is 12.2. The van der Waals surface area contributed by atoms with Gasteiger partial charge in [-0.15, -0.1) is 0 Å². The molecule has 178 valence electrons. The first-order chi connectivity index (χ1) is 15.7. The van der Waals surface area contributed by atoms with Crippen LogP contribution in [-0.4, -0.2) is 67.3 Å². The number of fused-ring (bicyclic) bond motifs is 1. The highest BCUT2D eigenvalue weighted by Gasteiger charge is 2.52. The van der Waals surface area contributed by atoms with Gasteiger partial charge < -0.3 is 19.6 Å². The van der Waals surface area contributed by atoms with E-state index in [2.05, 4.69) is 24.1 Å². The molecule has 2 aliphatic rings. The number of aliphatic hydroxyl groups excluding tert-OH is 1. The van der Waals surface area contributed by atoms with E-state index in [1.54, 1.807) is 19.2 Å². The first-order valence-electron chi connectivity index (χ1n) is 11.4. The van der Waals surface area contributed by atoms with Gasteiger partial charge in [0.05, 0.1) is 29.7 Å². The minimum Gasteiger partial charge on any atom is -0.497 e. The predicted molar refractivity (Wildman–Crippen MR) is 132 cm³/mol. The summed E-state index contributed by atoms with van der Waals surface area (Å²) in [5.41, 5.74) is 1.81. The summed E-state index contributed by atoms with van der Waals surface area (Å²) in [6.45, 7) is 1.79. The number of aliphatic hydroxyl groups is 1. The number of hydrogen-bond donors (Lipinski definition) is 1. The molecular weight excluding hydrogens is 459 g/mol. The standard InChI is InChI=1S/C26H32Cl2N2O3/c1-29-10-9-26(18-5-4-6-20(13-18)33-3)15-19(14-24(31)21(26)16-29)30(2)25(32)12-17-7-8-22(27)23(28)11-17/h4-8,11,13,19,21,24,31H,9-10,12,14-16H2,1-3H3. The Bertz CT molecular complexity index is 1020. The second kappa shape index (κ2) is 9.83. The number of carbonyl (C=O) groups excluding carboxylic acids is 1. The lowest BCUT2D eigenvalue weighted by Gasteiger charge is -2.55. The molecule has 1 N–H and O–H groups in total. The summed E-state index contributed by atoms with van der Waals surface area (Å²) < 4.78 is 5.51. The third-order valence-corrected chi connectivity index (χ3v) is 8.40. The Morgan fingerprint density at radius 2 is 2.03 bits per heavy atom. The zero-order valence-corrected chi connectivity index (χ0v) is 20.9. The summed E-state index contributed by atoms with van der Waals surface area (Å²) in [5.74, 6) is 0.941. The van der Waals surface area contributed by atoms with Crippen LogP contribution in [0.25, 0.3) is 0 Å². The maximum Gasteiger partial charge on any atom is 0.226 e. The Labute approximate surface area is 206 Å². The van der Waals surface area contributed by atoms with Crippen LogP contribution in [0.5, 0.6) is 5.75 Å². The number of amides is 1. The van der Waals surface area contributed by atoms with Crippen molar-refractivity contribution in [2.75, 3.05) is 34.3 Å². The quantitative estimate of drug-likeness (QED) is 0.673. The van der Waals surface area contributed by atoms with E-state index < -0.39 is 6.10 Å². The highest BCUT2D eigenvalue weighted by molar-refractivity contribution is 6.42. The normalized spacial score (nSPS) is 27.6. The fourth-order valence-electron chi connectivity index (χ4n) is 5.72. The number of methoxy groups -OCH3 is 1. The minimum absolute atomic E-state index is 0.0118. The van der Waals surface area contributed by atoms with Crippen LogP contribution in [0.4, 0.5) is 0 Å². The summed E-state index contributed by atoms with van der Waals surface area (Å²) in [6.07, 6.45) is 2.09. The van der Waals surface area contributed by atoms with Gasteiger partial charge in [0.2, 0.25) is 5.91 Å². The molecule has 0 spiro atoms. The van der Waals surface area contributed by atoms with E-state index in [0.29, 0.717) is 16.5 Å². The summed E-state index contributed by atoms with van der Waals surface area (Å²) in [4.78, 5) is 17.3. The molecule has 33 heavy (non-hydrogen) atoms. The maximum atomic E-state index is 13.2. The SMILES string of the molecule is COc1cccc(C23CCN(C)CC2C(O)CC(N(C)C(=O)Cc2ccc(Cl)c(Cl)c2)C3)c1. The average Bonchev–Trinajstić information content (AvgIpc) is 2.81. The molecule has 0 aromatic heterocycles. The third-order valence-electron chi connectivity index (χ3n) is 7.66. The molecule has 1 aliphatic heterocycles. The number of carbonyl (C=O) groups is 1. The molecule has 1 amide bonds. The monoisotopic (exact) mass is 490 g/mol. The minimum atomic E-state index is -0.488. The molecule has 7 heteroatoms. The fourth-order valence-corrected chi connectivity index (χ4v) is 6.05. The van der Waals surface area contributed by atoms with Gasteiger partial charge in [0.25, 0.3) is 0 Å². The second-order valence-corrected chi connectivity index (χ2v) is 10.4. The Balaban J connectivity index is 1.61. The molecule has 2 fully saturated rings. The van der Waals surface area contributed by atoms with E-state index in [9.17, 15) is 9.90 Å². The molecular formula is C26H32Cl2N2O3. The molecule has 4 atom stereocenters. The lowest BCUT2D eigenvalue weighted by molar-refractivity contribution is -0.135. The van der Waals surface area contributed by atoms with Crippen molar-refractivity contribution in [3.05, 3.63) is 63.6 Å². The van der Waals surface area contributed by atoms with Crippen molar-refractivity contribution >= 4 is 29.1 Å². The van der Waals surface area contributed by atoms with Crippen molar-refractivity contribution in [1.82, 2.24) is 9.80 Å². The third kappa shape index (κ3) is 4.88. The molecule has 1 saturated carbocycles. The second-order valence-electron chi connectivity index (χ2n) is 9.60. The molecule has 0 bridgehead atoms. The Hall–Kier alpha value is -1.79. The number of halogens is 2. The van der Waals surface area contributed by atoms with E-state index in [1.165, 1.54) is 5.56 Å². The number of benzene rings is 2. The number of piperidine rings is 1. The number of likely N-dealkylation sites (N-methyl/N-ethyl adjacent to an activating group) is 1. The molecule has 1 heterocycles. The Kier molecular flexibility index (Phi) is 7.25. The van der Waals surface area contributed by atoms with Gasteiger partial charge in [-0.1, -0.05) is 41.4 Å². The Morgan fingerprint density at radius 3 is 2.76 bits per heavy atom. The average molecular weight is 491 g/mol. The Morgan fingerprint density at radius 1 is 1.24 bits per heavy atom. The first kappa shape index (κ1) is 24.3. The van der Waals surface area contributed by atoms with Gasteiger partial charge in [0.15, 0.2) is 0 Å². The summed E-state index contributed by atoms with van der Waals surface area (Å²) in [7, 11) is 5.64. The predicted octanol–water partition coefficient (Wildman–Crippen LogP) is 4.42. The molecule has 2 aromatic carbocycles. The van der Waals surface area contributed by atoms with Gasteiger partial charge >= 0.3 is 0 Å². The maximum absolute atomic E-state index is 13.2. The fraction of sp³-hybridized carbons (Fsp3) is 0.500. The molecule has 2 aromatic rings. The summed E-state index contributed by atoms with van der Waals surface area (Å²) in [6, 6.07) is 13.5. The van der Waals surface area contributed by atoms with Gasteiger partial charge in [0.1, 0.15) is 5.75 Å². The van der Waals surface area contributed by atoms with Crippen LogP contribution in [0.15, 0.2) is 42.5 Å². The zero-order chi connectivity index (χ0) is 23.8. The van der Waals surface area contributed by atoms with Crippen LogP contribution in [0, 0.1) is 5.92 Å². The van der Waals surface area contributed by atoms with Crippen LogP contribution in [0.3, 0.4) is 0 Å². The van der Waals surface area contributed by atoms with Crippen LogP contribution < -0.4 is 4.74 Å². The lowest BCUT2D eigenvalue weighted by Crippen LogP contribution is -2.60. The van der Waals surface area contributed by atoms with Crippen molar-refractivity contribution in [2.24, 2.45) is 5.92 Å². The number of hydrogen-bond acceptors (Lipinski definition) is 4. The van der Waals surface area contributed by atoms with Crippen LogP contribution in [-0.2, 0) is 16.6 Å². The summed E-state index contributed by atoms with van der Waals surface area (Å²) in [5, 5.41) is 12.2. The van der Waals surface area contributed by atoms with E-state index in [-0.39, 0.29) is 29.7 Å². The van der Waals surface area contributed by atoms with E-state index in [4.69, 9.17) is 27.9 Å². The van der Waals surface area contributed by atoms with Gasteiger partial charge in [-0.3, -0.25) is 4.79 Å². The molecule has 4 unspecified atom stereocenters. The van der Waals surface area contributed by atoms with Crippen molar-refractivity contribution in [3.8, 4) is 5.75 Å². The van der Waals surface area contributed by atoms with E-state index in [0.717, 1.165) is 37.2 Å². The molecule has 1 saturated heterocycles. The topological polar surface area (TPSA) is 53.0 Å². The number of nitrogens with zero attached hydrogens (tertiary/aromatic N) is 2. The van der Waals surface area contributed by atoms with E-state index >= 15 is 0 Å². The highest BCUT2D eigenvalue weighted by atomic mass is 35.5. The molecule has 1 aliphatic carbocycles. The molecule has 0 radical (unpaired) electrons. The van der Waals surface area contributed by atoms with Crippen LogP contribution in [0.1, 0.15) is 30.4 Å². The van der Waals surface area contributed by atoms with E-state index in [1.807, 2.05) is 30.1 Å². The highest BCUT2D eigenvalue weighted by Crippen LogP contribution is 2.50. The van der Waals surface area contributed by atoms with Crippen molar-refractivity contribution < 1.29 is 14.6 Å². The lowest BCUT2D eigenvalue weighted by atomic mass is 9.57. The van der Waals surface area contributed by atoms with Gasteiger partial charge in [-0.05, 0) is 68.2 Å². The van der Waals surface area contributed by atoms with Gasteiger partial charge in [-0.2, -0.15) is 0 Å². The molecule has 5 nitrogen and oxygen atoms in total. The van der Waals surface area contributed by atoms with Crippen molar-refractivity contribution in [2.45, 2.75) is 43.2 Å². The van der Waals surface area contributed by atoms with Crippen molar-refractivity contribution in [1.29, 1.82) is 0 Å². The number of rotatable bonds is 5. The van der Waals surface area contributed by atoms with Gasteiger partial charge in [-0.25, -0.2) is 0 Å². The van der Waals surface area contributed by atoms with Gasteiger partial charge in [0, 0.05) is 31.0 Å². The number of likely N-dealkylation sites (tertiary alicyclic amines) is 1. The molecule has 4 rings (SSSR count). The van der Waals surface area contributed by atoms with Crippen LogP contribution in [0.2, 0.25) is 10.0 Å². The van der Waals surface area contributed by atoms with Crippen LogP contribution >= 0.6 is 23.2 Å².